The van der Waals surface area contributed by atoms with Crippen LogP contribution in [0.3, 0.4) is 0 Å². The summed E-state index contributed by atoms with van der Waals surface area (Å²) in [4.78, 5) is 0. The lowest BCUT2D eigenvalue weighted by Crippen LogP contribution is -1.94. The summed E-state index contributed by atoms with van der Waals surface area (Å²) >= 11 is 0. The van der Waals surface area contributed by atoms with Crippen molar-refractivity contribution < 1.29 is 0 Å². The van der Waals surface area contributed by atoms with E-state index in [4.69, 9.17) is 0 Å². The minimum absolute atomic E-state index is 0.489. The fourth-order valence-electron chi connectivity index (χ4n) is 6.97. The summed E-state index contributed by atoms with van der Waals surface area (Å²) in [5.74, 6) is 0.489. The summed E-state index contributed by atoms with van der Waals surface area (Å²) in [6.07, 6.45) is 3.49. The number of benzene rings is 7. The monoisotopic (exact) mass is 592 g/mol. The molecule has 224 valence electrons. The summed E-state index contributed by atoms with van der Waals surface area (Å²) in [5.41, 5.74) is 12.4. The van der Waals surface area contributed by atoms with Gasteiger partial charge < -0.3 is 0 Å². The number of hydrogen-bond acceptors (Lipinski definition) is 0. The number of rotatable bonds is 7. The van der Waals surface area contributed by atoms with Gasteiger partial charge >= 0.3 is 0 Å². The van der Waals surface area contributed by atoms with E-state index in [1.165, 1.54) is 82.4 Å². The zero-order valence-corrected chi connectivity index (χ0v) is 27.3. The van der Waals surface area contributed by atoms with Gasteiger partial charge in [-0.2, -0.15) is 0 Å². The molecule has 0 bridgehead atoms. The van der Waals surface area contributed by atoms with Gasteiger partial charge in [-0.05, 0) is 103 Å². The molecule has 0 aliphatic rings. The molecule has 7 aromatic carbocycles. The quantitative estimate of drug-likeness (QED) is 0.128. The Balaban J connectivity index is 1.51. The summed E-state index contributed by atoms with van der Waals surface area (Å²) in [6.45, 7) is 13.1. The standard InChI is InChI=1S/C46H40/c1-6-31(4)28-44(30(2)3)34-14-11-15-35(29-34)45-40-16-7-9-18-42(40)46(43-19-10-8-17-41(43)45)39-23-13-21-37-36(20-12-22-38(37)39)33-26-24-32(5)25-27-33/h7-29,31H,2,6H2,1,3-5H3/b44-28+/t31-/m1/s1. The first-order valence-corrected chi connectivity index (χ1v) is 16.5. The van der Waals surface area contributed by atoms with E-state index >= 15 is 0 Å². The highest BCUT2D eigenvalue weighted by molar-refractivity contribution is 6.24. The van der Waals surface area contributed by atoms with Crippen LogP contribution in [0, 0.1) is 12.8 Å². The van der Waals surface area contributed by atoms with Gasteiger partial charge in [0.15, 0.2) is 0 Å². The summed E-state index contributed by atoms with van der Waals surface area (Å²) < 4.78 is 0. The van der Waals surface area contributed by atoms with Crippen molar-refractivity contribution in [3.63, 3.8) is 0 Å². The minimum atomic E-state index is 0.489. The van der Waals surface area contributed by atoms with E-state index < -0.39 is 0 Å². The zero-order chi connectivity index (χ0) is 31.8. The van der Waals surface area contributed by atoms with Gasteiger partial charge in [-0.1, -0.05) is 171 Å². The van der Waals surface area contributed by atoms with Crippen molar-refractivity contribution in [1.29, 1.82) is 0 Å². The van der Waals surface area contributed by atoms with Crippen LogP contribution in [-0.4, -0.2) is 0 Å². The third-order valence-corrected chi connectivity index (χ3v) is 9.50. The highest BCUT2D eigenvalue weighted by Crippen LogP contribution is 2.46. The molecule has 0 amide bonds. The van der Waals surface area contributed by atoms with Crippen molar-refractivity contribution >= 4 is 37.9 Å². The summed E-state index contributed by atoms with van der Waals surface area (Å²) in [5, 5.41) is 7.61. The second-order valence-corrected chi connectivity index (χ2v) is 12.7. The van der Waals surface area contributed by atoms with Crippen LogP contribution in [0.5, 0.6) is 0 Å². The van der Waals surface area contributed by atoms with Gasteiger partial charge in [-0.25, -0.2) is 0 Å². The Bertz CT molecular complexity index is 2220. The first kappa shape index (κ1) is 29.5. The molecule has 0 nitrogen and oxygen atoms in total. The van der Waals surface area contributed by atoms with Gasteiger partial charge in [0.25, 0.3) is 0 Å². The molecule has 0 radical (unpaired) electrons. The van der Waals surface area contributed by atoms with Crippen molar-refractivity contribution in [2.75, 3.05) is 0 Å². The first-order valence-electron chi connectivity index (χ1n) is 16.5. The smallest absolute Gasteiger partial charge is 0.00201 e. The molecule has 1 atom stereocenters. The first-order chi connectivity index (χ1) is 22.4. The fourth-order valence-corrected chi connectivity index (χ4v) is 6.97. The van der Waals surface area contributed by atoms with Crippen molar-refractivity contribution in [1.82, 2.24) is 0 Å². The van der Waals surface area contributed by atoms with Crippen LogP contribution in [0.4, 0.5) is 0 Å². The van der Waals surface area contributed by atoms with Gasteiger partial charge in [-0.3, -0.25) is 0 Å². The van der Waals surface area contributed by atoms with Gasteiger partial charge in [-0.15, -0.1) is 0 Å². The Morgan fingerprint density at radius 3 is 1.70 bits per heavy atom. The Hall–Kier alpha value is -5.20. The molecule has 0 aliphatic heterocycles. The van der Waals surface area contributed by atoms with Crippen LogP contribution in [0.25, 0.3) is 71.3 Å². The lowest BCUT2D eigenvalue weighted by atomic mass is 9.83. The fraction of sp³-hybridized carbons (Fsp3) is 0.130. The number of allylic oxidation sites excluding steroid dienone is 3. The molecule has 0 unspecified atom stereocenters. The lowest BCUT2D eigenvalue weighted by molar-refractivity contribution is 0.699. The summed E-state index contributed by atoms with van der Waals surface area (Å²) in [7, 11) is 0. The molecule has 0 heteroatoms. The second-order valence-electron chi connectivity index (χ2n) is 12.7. The van der Waals surface area contributed by atoms with Crippen molar-refractivity contribution in [2.45, 2.75) is 34.1 Å². The average Bonchev–Trinajstić information content (AvgIpc) is 3.09. The van der Waals surface area contributed by atoms with Gasteiger partial charge in [0.05, 0.1) is 0 Å². The summed E-state index contributed by atoms with van der Waals surface area (Å²) in [6, 6.07) is 49.4. The number of aryl methyl sites for hydroxylation is 1. The van der Waals surface area contributed by atoms with Crippen LogP contribution in [0.1, 0.15) is 38.3 Å². The topological polar surface area (TPSA) is 0 Å². The number of fused-ring (bicyclic) bond motifs is 3. The van der Waals surface area contributed by atoms with Gasteiger partial charge in [0.2, 0.25) is 0 Å². The molecule has 0 N–H and O–H groups in total. The molecule has 7 rings (SSSR count). The van der Waals surface area contributed by atoms with Gasteiger partial charge in [0, 0.05) is 0 Å². The van der Waals surface area contributed by atoms with E-state index in [1.807, 2.05) is 0 Å². The Kier molecular flexibility index (Phi) is 7.89. The predicted octanol–water partition coefficient (Wildman–Crippen LogP) is 13.5. The average molecular weight is 593 g/mol. The van der Waals surface area contributed by atoms with Crippen LogP contribution >= 0.6 is 0 Å². The van der Waals surface area contributed by atoms with Crippen LogP contribution in [0.15, 0.2) is 152 Å². The van der Waals surface area contributed by atoms with E-state index in [2.05, 4.69) is 174 Å². The third-order valence-electron chi connectivity index (χ3n) is 9.50. The minimum Gasteiger partial charge on any atom is -0.0955 e. The van der Waals surface area contributed by atoms with E-state index in [0.717, 1.165) is 12.0 Å². The zero-order valence-electron chi connectivity index (χ0n) is 27.3. The normalized spacial score (nSPS) is 12.6. The van der Waals surface area contributed by atoms with E-state index in [0.29, 0.717) is 5.92 Å². The molecule has 46 heavy (non-hydrogen) atoms. The van der Waals surface area contributed by atoms with Crippen molar-refractivity contribution in [3.8, 4) is 33.4 Å². The van der Waals surface area contributed by atoms with Crippen LogP contribution in [-0.2, 0) is 0 Å². The SMILES string of the molecule is C=C(C)/C(=C\[C@H](C)CC)c1cccc(-c2c3ccccc3c(-c3cccc4c(-c5ccc(C)cc5)cccc34)c3ccccc23)c1. The third kappa shape index (κ3) is 5.25. The molecule has 0 spiro atoms. The van der Waals surface area contributed by atoms with E-state index in [1.54, 1.807) is 0 Å². The molecular weight excluding hydrogens is 553 g/mol. The van der Waals surface area contributed by atoms with Crippen molar-refractivity contribution in [3.05, 3.63) is 163 Å². The molecule has 7 aromatic rings. The Morgan fingerprint density at radius 1 is 0.587 bits per heavy atom. The Morgan fingerprint density at radius 2 is 1.11 bits per heavy atom. The number of hydrogen-bond donors (Lipinski definition) is 0. The highest BCUT2D eigenvalue weighted by atomic mass is 14.2. The Labute approximate surface area is 273 Å². The molecule has 0 aliphatic carbocycles. The molecule has 0 heterocycles. The molecule has 0 saturated carbocycles. The van der Waals surface area contributed by atoms with Crippen LogP contribution < -0.4 is 0 Å². The maximum atomic E-state index is 4.35. The van der Waals surface area contributed by atoms with Gasteiger partial charge in [0.1, 0.15) is 0 Å². The highest BCUT2D eigenvalue weighted by Gasteiger charge is 2.19. The van der Waals surface area contributed by atoms with Crippen molar-refractivity contribution in [2.24, 2.45) is 5.92 Å². The maximum Gasteiger partial charge on any atom is -0.00201 e. The molecule has 0 saturated heterocycles. The molecule has 0 aromatic heterocycles. The van der Waals surface area contributed by atoms with E-state index in [-0.39, 0.29) is 0 Å². The molecule has 0 fully saturated rings. The lowest BCUT2D eigenvalue weighted by Gasteiger charge is -2.20. The second kappa shape index (κ2) is 12.3. The predicted molar refractivity (Wildman–Crippen MR) is 202 cm³/mol. The van der Waals surface area contributed by atoms with Crippen LogP contribution in [0.2, 0.25) is 0 Å². The maximum absolute atomic E-state index is 4.35. The molecular formula is C46H40. The van der Waals surface area contributed by atoms with E-state index in [9.17, 15) is 0 Å². The largest absolute Gasteiger partial charge is 0.0955 e.